The van der Waals surface area contributed by atoms with Crippen LogP contribution in [-0.2, 0) is 11.3 Å². The van der Waals surface area contributed by atoms with Crippen LogP contribution in [0.15, 0.2) is 89.9 Å². The van der Waals surface area contributed by atoms with Crippen molar-refractivity contribution in [2.24, 2.45) is 0 Å². The van der Waals surface area contributed by atoms with Crippen LogP contribution in [0.2, 0.25) is 0 Å². The number of carbonyl (C=O) groups excluding carboxylic acids is 1. The lowest BCUT2D eigenvalue weighted by Gasteiger charge is -2.14. The van der Waals surface area contributed by atoms with E-state index < -0.39 is 5.97 Å². The van der Waals surface area contributed by atoms with Gasteiger partial charge in [0.05, 0.1) is 12.1 Å². The number of benzene rings is 3. The number of hydrogen-bond acceptors (Lipinski definition) is 3. The average Bonchev–Trinajstić information content (AvgIpc) is 2.77. The van der Waals surface area contributed by atoms with Crippen molar-refractivity contribution >= 4 is 16.9 Å². The van der Waals surface area contributed by atoms with Crippen LogP contribution in [0.5, 0.6) is 0 Å². The van der Waals surface area contributed by atoms with E-state index in [0.29, 0.717) is 11.9 Å². The Balaban J connectivity index is 1.73. The monoisotopic (exact) mass is 383 g/mol. The van der Waals surface area contributed by atoms with E-state index in [1.807, 2.05) is 34.9 Å². The Kier molecular flexibility index (Phi) is 5.25. The maximum Gasteiger partial charge on any atom is 0.343 e. The lowest BCUT2D eigenvalue weighted by Crippen LogP contribution is -2.21. The van der Waals surface area contributed by atoms with Gasteiger partial charge in [0, 0.05) is 18.1 Å². The van der Waals surface area contributed by atoms with Crippen molar-refractivity contribution in [3.8, 4) is 11.1 Å². The second kappa shape index (κ2) is 8.15. The zero-order valence-corrected chi connectivity index (χ0v) is 16.2. The topological polar surface area (TPSA) is 48.3 Å². The van der Waals surface area contributed by atoms with Crippen LogP contribution in [0.3, 0.4) is 0 Å². The number of esters is 1. The highest BCUT2D eigenvalue weighted by Gasteiger charge is 2.16. The van der Waals surface area contributed by atoms with Gasteiger partial charge in [0.25, 0.3) is 0 Å². The molecule has 0 radical (unpaired) electrons. The number of rotatable bonds is 5. The molecule has 4 rings (SSSR count). The minimum absolute atomic E-state index is 0.0615. The first-order chi connectivity index (χ1) is 14.2. The SMILES string of the molecule is CCOC(=O)c1cn(Cc2ccc(-c3ccccc3)cc2)c2ccccc2c1=O. The molecule has 0 amide bonds. The molecular formula is C25H21NO3. The Morgan fingerprint density at radius 1 is 0.862 bits per heavy atom. The van der Waals surface area contributed by atoms with Gasteiger partial charge in [-0.3, -0.25) is 4.79 Å². The molecule has 0 N–H and O–H groups in total. The Hall–Kier alpha value is -3.66. The number of nitrogens with zero attached hydrogens (tertiary/aromatic N) is 1. The smallest absolute Gasteiger partial charge is 0.343 e. The summed E-state index contributed by atoms with van der Waals surface area (Å²) < 4.78 is 7.01. The van der Waals surface area contributed by atoms with Crippen LogP contribution in [0, 0.1) is 0 Å². The van der Waals surface area contributed by atoms with Gasteiger partial charge in [0.2, 0.25) is 5.43 Å². The van der Waals surface area contributed by atoms with E-state index in [9.17, 15) is 9.59 Å². The molecule has 0 atom stereocenters. The minimum Gasteiger partial charge on any atom is -0.462 e. The molecule has 29 heavy (non-hydrogen) atoms. The van der Waals surface area contributed by atoms with Crippen LogP contribution in [0.25, 0.3) is 22.0 Å². The fraction of sp³-hybridized carbons (Fsp3) is 0.120. The number of pyridine rings is 1. The summed E-state index contributed by atoms with van der Waals surface area (Å²) >= 11 is 0. The quantitative estimate of drug-likeness (QED) is 0.461. The van der Waals surface area contributed by atoms with Gasteiger partial charge >= 0.3 is 5.97 Å². The molecule has 0 bridgehead atoms. The molecule has 4 aromatic rings. The summed E-state index contributed by atoms with van der Waals surface area (Å²) in [5.74, 6) is -0.587. The summed E-state index contributed by atoms with van der Waals surface area (Å²) in [7, 11) is 0. The van der Waals surface area contributed by atoms with E-state index in [0.717, 1.165) is 22.2 Å². The maximum absolute atomic E-state index is 12.7. The van der Waals surface area contributed by atoms with Gasteiger partial charge in [-0.25, -0.2) is 4.79 Å². The Morgan fingerprint density at radius 3 is 2.24 bits per heavy atom. The summed E-state index contributed by atoms with van der Waals surface area (Å²) in [6.45, 7) is 2.50. The first kappa shape index (κ1) is 18.7. The van der Waals surface area contributed by atoms with E-state index in [2.05, 4.69) is 36.4 Å². The van der Waals surface area contributed by atoms with Crippen LogP contribution in [0.4, 0.5) is 0 Å². The van der Waals surface area contributed by atoms with Gasteiger partial charge in [-0.2, -0.15) is 0 Å². The number of fused-ring (bicyclic) bond motifs is 1. The maximum atomic E-state index is 12.7. The van der Waals surface area contributed by atoms with Gasteiger partial charge in [-0.1, -0.05) is 66.7 Å². The average molecular weight is 383 g/mol. The number of hydrogen-bond donors (Lipinski definition) is 0. The summed E-state index contributed by atoms with van der Waals surface area (Å²) in [4.78, 5) is 25.0. The molecule has 0 unspecified atom stereocenters. The molecule has 0 saturated heterocycles. The number of ether oxygens (including phenoxy) is 1. The molecule has 0 aliphatic carbocycles. The first-order valence-corrected chi connectivity index (χ1v) is 9.61. The van der Waals surface area contributed by atoms with Gasteiger partial charge in [-0.05, 0) is 35.7 Å². The van der Waals surface area contributed by atoms with Crippen molar-refractivity contribution in [2.75, 3.05) is 6.61 Å². The number of carbonyl (C=O) groups is 1. The van der Waals surface area contributed by atoms with Crippen molar-refractivity contribution in [1.82, 2.24) is 4.57 Å². The van der Waals surface area contributed by atoms with E-state index in [-0.39, 0.29) is 17.6 Å². The van der Waals surface area contributed by atoms with E-state index >= 15 is 0 Å². The molecule has 0 aliphatic heterocycles. The zero-order valence-electron chi connectivity index (χ0n) is 16.2. The van der Waals surface area contributed by atoms with Crippen molar-refractivity contribution < 1.29 is 9.53 Å². The summed E-state index contributed by atoms with van der Waals surface area (Å²) in [6.07, 6.45) is 1.60. The summed E-state index contributed by atoms with van der Waals surface area (Å²) in [5, 5.41) is 0.513. The molecule has 1 heterocycles. The number of aromatic nitrogens is 1. The predicted molar refractivity (Wildman–Crippen MR) is 115 cm³/mol. The second-order valence-electron chi connectivity index (χ2n) is 6.80. The van der Waals surface area contributed by atoms with Crippen LogP contribution < -0.4 is 5.43 Å². The third kappa shape index (κ3) is 3.83. The number of para-hydroxylation sites is 1. The summed E-state index contributed by atoms with van der Waals surface area (Å²) in [6, 6.07) is 25.8. The lowest BCUT2D eigenvalue weighted by atomic mass is 10.0. The lowest BCUT2D eigenvalue weighted by molar-refractivity contribution is 0.0524. The zero-order chi connectivity index (χ0) is 20.2. The molecule has 0 fully saturated rings. The fourth-order valence-electron chi connectivity index (χ4n) is 3.46. The third-order valence-corrected chi connectivity index (χ3v) is 4.90. The molecular weight excluding hydrogens is 362 g/mol. The van der Waals surface area contributed by atoms with Crippen molar-refractivity contribution in [2.45, 2.75) is 13.5 Å². The molecule has 4 nitrogen and oxygen atoms in total. The van der Waals surface area contributed by atoms with E-state index in [1.54, 1.807) is 25.3 Å². The minimum atomic E-state index is -0.587. The van der Waals surface area contributed by atoms with Gasteiger partial charge < -0.3 is 9.30 Å². The Labute approximate surface area is 169 Å². The molecule has 3 aromatic carbocycles. The first-order valence-electron chi connectivity index (χ1n) is 9.61. The highest BCUT2D eigenvalue weighted by Crippen LogP contribution is 2.20. The van der Waals surface area contributed by atoms with E-state index in [4.69, 9.17) is 4.74 Å². The van der Waals surface area contributed by atoms with Crippen molar-refractivity contribution in [3.63, 3.8) is 0 Å². The Bertz CT molecular complexity index is 1210. The molecule has 4 heteroatoms. The van der Waals surface area contributed by atoms with Gasteiger partial charge in [0.15, 0.2) is 0 Å². The van der Waals surface area contributed by atoms with Crippen LogP contribution in [0.1, 0.15) is 22.8 Å². The van der Waals surface area contributed by atoms with Crippen LogP contribution >= 0.6 is 0 Å². The standard InChI is InChI=1S/C25H21NO3/c1-2-29-25(28)22-17-26(23-11-7-6-10-21(23)24(22)27)16-18-12-14-20(15-13-18)19-8-4-3-5-9-19/h3-15,17H,2,16H2,1H3. The molecule has 0 aliphatic rings. The summed E-state index contributed by atoms with van der Waals surface area (Å²) in [5.41, 5.74) is 3.94. The largest absolute Gasteiger partial charge is 0.462 e. The molecule has 144 valence electrons. The van der Waals surface area contributed by atoms with Crippen molar-refractivity contribution in [3.05, 3.63) is 106 Å². The normalized spacial score (nSPS) is 10.8. The fourth-order valence-corrected chi connectivity index (χ4v) is 3.46. The third-order valence-electron chi connectivity index (χ3n) is 4.90. The van der Waals surface area contributed by atoms with Gasteiger partial charge in [-0.15, -0.1) is 0 Å². The Morgan fingerprint density at radius 2 is 1.52 bits per heavy atom. The van der Waals surface area contributed by atoms with Crippen LogP contribution in [-0.4, -0.2) is 17.1 Å². The molecule has 0 saturated carbocycles. The second-order valence-corrected chi connectivity index (χ2v) is 6.80. The predicted octanol–water partition coefficient (Wildman–Crippen LogP) is 4.89. The molecule has 0 spiro atoms. The highest BCUT2D eigenvalue weighted by molar-refractivity contribution is 5.93. The molecule has 1 aromatic heterocycles. The highest BCUT2D eigenvalue weighted by atomic mass is 16.5. The van der Waals surface area contributed by atoms with E-state index in [1.165, 1.54) is 0 Å². The van der Waals surface area contributed by atoms with Gasteiger partial charge in [0.1, 0.15) is 5.56 Å². The van der Waals surface area contributed by atoms with Crippen molar-refractivity contribution in [1.29, 1.82) is 0 Å².